The summed E-state index contributed by atoms with van der Waals surface area (Å²) in [4.78, 5) is 0. The van der Waals surface area contributed by atoms with Gasteiger partial charge in [-0.1, -0.05) is 218 Å². The van der Waals surface area contributed by atoms with Gasteiger partial charge in [0.1, 0.15) is 61.0 Å². The van der Waals surface area contributed by atoms with Crippen LogP contribution in [0.1, 0.15) is 38.9 Å². The minimum Gasteiger partial charge on any atom is -0.387 e. The molecule has 1 aliphatic carbocycles. The molecule has 390 valence electrons. The molecule has 75 heavy (non-hydrogen) atoms. The zero-order chi connectivity index (χ0) is 51.3. The van der Waals surface area contributed by atoms with Crippen molar-refractivity contribution in [2.24, 2.45) is 0 Å². The predicted molar refractivity (Wildman–Crippen MR) is 286 cm³/mol. The smallest absolute Gasteiger partial charge is 0.187 e. The second kappa shape index (κ2) is 28.7. The Morgan fingerprint density at radius 2 is 0.640 bits per heavy atom. The summed E-state index contributed by atoms with van der Waals surface area (Å²) in [6.07, 6.45) is -8.90. The van der Waals surface area contributed by atoms with Crippen molar-refractivity contribution < 1.29 is 52.5 Å². The maximum atomic E-state index is 12.8. The Hall–Kier alpha value is -6.16. The van der Waals surface area contributed by atoms with Crippen LogP contribution in [0.15, 0.2) is 225 Å². The highest BCUT2D eigenvalue weighted by atomic mass is 16.7. The van der Waals surface area contributed by atoms with Crippen LogP contribution >= 0.6 is 0 Å². The van der Waals surface area contributed by atoms with Gasteiger partial charge in [0.05, 0.1) is 59.5 Å². The van der Waals surface area contributed by atoms with Crippen molar-refractivity contribution in [3.05, 3.63) is 264 Å². The quantitative estimate of drug-likeness (QED) is 0.0497. The normalized spacial score (nSPS) is 24.6. The number of hydrogen-bond acceptors (Lipinski definition) is 11. The minimum absolute atomic E-state index is 0.0849. The van der Waals surface area contributed by atoms with Crippen molar-refractivity contribution in [3.8, 4) is 0 Å². The molecule has 1 saturated heterocycles. The standard InChI is InChI=1S/C64H68O11/c1-2-38-67-58-55(65)57(69-41-49-28-14-5-15-29-49)60(71-43-51-32-18-7-19-33-51)61(72-44-52-34-20-8-21-35-52)62(58)75-64-63(73-45-53-36-22-9-23-37-53)59(70-42-50-30-16-6-17-31-50)56(68-40-48-26-12-4-13-27-48)54(74-64)46-66-39-47-24-10-3-11-25-47/h2-37,54-65H,1,38-46H2/t54-,55-,56-,57+,58-,59+,60-,61+,62+,63+,64-/m1/s1. The summed E-state index contributed by atoms with van der Waals surface area (Å²) in [6, 6.07) is 69.6. The number of ether oxygens (including phenoxy) is 10. The van der Waals surface area contributed by atoms with Gasteiger partial charge >= 0.3 is 0 Å². The van der Waals surface area contributed by atoms with E-state index < -0.39 is 67.3 Å². The van der Waals surface area contributed by atoms with Crippen LogP contribution in [-0.2, 0) is 93.6 Å². The van der Waals surface area contributed by atoms with E-state index in [0.29, 0.717) is 6.61 Å². The van der Waals surface area contributed by atoms with Gasteiger partial charge in [0.15, 0.2) is 6.29 Å². The fourth-order valence-electron chi connectivity index (χ4n) is 9.55. The lowest BCUT2D eigenvalue weighted by Crippen LogP contribution is -2.69. The molecule has 2 fully saturated rings. The Kier molecular flexibility index (Phi) is 20.5. The second-order valence-electron chi connectivity index (χ2n) is 18.8. The SMILES string of the molecule is C=CCO[C@@H]1[C@H](O)[C@H](OCc2ccccc2)[C@@H](OCc2ccccc2)[C@H](OCc2ccccc2)[C@H]1O[C@H]1O[C@H](COCc2ccccc2)[C@@H](OCc2ccccc2)[C@H](OCc2ccccc2)[C@@H]1OCc1ccccc1. The molecule has 0 bridgehead atoms. The number of aliphatic hydroxyl groups excluding tert-OH is 1. The first kappa shape index (κ1) is 53.7. The molecule has 1 saturated carbocycles. The second-order valence-corrected chi connectivity index (χ2v) is 18.8. The third-order valence-corrected chi connectivity index (χ3v) is 13.4. The first-order chi connectivity index (χ1) is 37.1. The van der Waals surface area contributed by atoms with E-state index in [2.05, 4.69) is 6.58 Å². The van der Waals surface area contributed by atoms with E-state index in [1.54, 1.807) is 6.08 Å². The van der Waals surface area contributed by atoms with E-state index in [4.69, 9.17) is 47.4 Å². The van der Waals surface area contributed by atoms with Crippen LogP contribution in [-0.4, -0.2) is 85.6 Å². The molecule has 0 unspecified atom stereocenters. The summed E-state index contributed by atoms with van der Waals surface area (Å²) in [5.41, 5.74) is 6.67. The van der Waals surface area contributed by atoms with Crippen LogP contribution < -0.4 is 0 Å². The maximum Gasteiger partial charge on any atom is 0.187 e. The van der Waals surface area contributed by atoms with Gasteiger partial charge in [0.2, 0.25) is 0 Å². The Morgan fingerprint density at radius 3 is 1.01 bits per heavy atom. The topological polar surface area (TPSA) is 113 Å². The molecular weight excluding hydrogens is 945 g/mol. The summed E-state index contributed by atoms with van der Waals surface area (Å²) in [5, 5.41) is 12.8. The van der Waals surface area contributed by atoms with Gasteiger partial charge in [0, 0.05) is 0 Å². The largest absolute Gasteiger partial charge is 0.387 e. The summed E-state index contributed by atoms with van der Waals surface area (Å²) in [6.45, 7) is 5.76. The number of rotatable bonds is 27. The van der Waals surface area contributed by atoms with Crippen molar-refractivity contribution in [1.82, 2.24) is 0 Å². The lowest BCUT2D eigenvalue weighted by Gasteiger charge is -2.51. The molecule has 11 heteroatoms. The number of aliphatic hydroxyl groups is 1. The average molecular weight is 1010 g/mol. The Labute approximate surface area is 441 Å². The van der Waals surface area contributed by atoms with E-state index in [0.717, 1.165) is 38.9 Å². The molecule has 7 aromatic carbocycles. The van der Waals surface area contributed by atoms with Gasteiger partial charge in [-0.3, -0.25) is 0 Å². The maximum absolute atomic E-state index is 12.8. The van der Waals surface area contributed by atoms with Gasteiger partial charge in [-0.15, -0.1) is 6.58 Å². The van der Waals surface area contributed by atoms with Gasteiger partial charge in [0.25, 0.3) is 0 Å². The molecule has 0 radical (unpaired) electrons. The first-order valence-electron chi connectivity index (χ1n) is 25.9. The fourth-order valence-corrected chi connectivity index (χ4v) is 9.55. The highest BCUT2D eigenvalue weighted by Gasteiger charge is 2.57. The first-order valence-corrected chi connectivity index (χ1v) is 25.9. The van der Waals surface area contributed by atoms with Crippen LogP contribution in [0.5, 0.6) is 0 Å². The highest BCUT2D eigenvalue weighted by Crippen LogP contribution is 2.38. The van der Waals surface area contributed by atoms with Gasteiger partial charge in [-0.2, -0.15) is 0 Å². The Bertz CT molecular complexity index is 2650. The predicted octanol–water partition coefficient (Wildman–Crippen LogP) is 10.8. The Balaban J connectivity index is 1.13. The van der Waals surface area contributed by atoms with Crippen LogP contribution in [0.2, 0.25) is 0 Å². The van der Waals surface area contributed by atoms with Crippen LogP contribution in [0.3, 0.4) is 0 Å². The van der Waals surface area contributed by atoms with E-state index in [-0.39, 0.29) is 52.9 Å². The molecule has 7 aromatic rings. The monoisotopic (exact) mass is 1010 g/mol. The molecule has 0 spiro atoms. The molecule has 0 amide bonds. The molecule has 2 aliphatic rings. The number of hydrogen-bond donors (Lipinski definition) is 1. The van der Waals surface area contributed by atoms with Gasteiger partial charge in [-0.05, 0) is 38.9 Å². The van der Waals surface area contributed by atoms with Gasteiger partial charge in [-0.25, -0.2) is 0 Å². The van der Waals surface area contributed by atoms with Crippen LogP contribution in [0, 0.1) is 0 Å². The molecule has 1 aliphatic heterocycles. The summed E-state index contributed by atoms with van der Waals surface area (Å²) >= 11 is 0. The van der Waals surface area contributed by atoms with Crippen molar-refractivity contribution in [2.75, 3.05) is 13.2 Å². The summed E-state index contributed by atoms with van der Waals surface area (Å²) < 4.78 is 69.8. The van der Waals surface area contributed by atoms with Crippen LogP contribution in [0.4, 0.5) is 0 Å². The highest BCUT2D eigenvalue weighted by molar-refractivity contribution is 5.19. The third-order valence-electron chi connectivity index (χ3n) is 13.4. The third kappa shape index (κ3) is 15.5. The summed E-state index contributed by atoms with van der Waals surface area (Å²) in [5.74, 6) is 0. The summed E-state index contributed by atoms with van der Waals surface area (Å²) in [7, 11) is 0. The zero-order valence-electron chi connectivity index (χ0n) is 42.2. The van der Waals surface area contributed by atoms with Crippen molar-refractivity contribution in [1.29, 1.82) is 0 Å². The van der Waals surface area contributed by atoms with Crippen molar-refractivity contribution in [2.45, 2.75) is 114 Å². The Morgan fingerprint density at radius 1 is 0.347 bits per heavy atom. The van der Waals surface area contributed by atoms with E-state index in [1.807, 2.05) is 212 Å². The lowest BCUT2D eigenvalue weighted by atomic mass is 9.83. The lowest BCUT2D eigenvalue weighted by molar-refractivity contribution is -0.363. The van der Waals surface area contributed by atoms with Gasteiger partial charge < -0.3 is 52.5 Å². The molecule has 1 N–H and O–H groups in total. The molecule has 1 heterocycles. The molecule has 9 rings (SSSR count). The van der Waals surface area contributed by atoms with E-state index in [9.17, 15) is 5.11 Å². The van der Waals surface area contributed by atoms with Crippen molar-refractivity contribution >= 4 is 0 Å². The molecular formula is C64H68O11. The molecule has 11 nitrogen and oxygen atoms in total. The van der Waals surface area contributed by atoms with Crippen molar-refractivity contribution in [3.63, 3.8) is 0 Å². The number of benzene rings is 7. The molecule has 11 atom stereocenters. The molecule has 0 aromatic heterocycles. The van der Waals surface area contributed by atoms with E-state index in [1.165, 1.54) is 0 Å². The van der Waals surface area contributed by atoms with Crippen LogP contribution in [0.25, 0.3) is 0 Å². The average Bonchev–Trinajstić information content (AvgIpc) is 3.46. The fraction of sp³-hybridized carbons (Fsp3) is 0.312. The minimum atomic E-state index is -1.29. The van der Waals surface area contributed by atoms with E-state index >= 15 is 0 Å². The zero-order valence-corrected chi connectivity index (χ0v) is 42.2.